The number of carboxylic acids is 1. The maximum Gasteiger partial charge on any atom is 0.344 e. The van der Waals surface area contributed by atoms with Crippen molar-refractivity contribution in [2.45, 2.75) is 13.0 Å². The Bertz CT molecular complexity index is 880. The van der Waals surface area contributed by atoms with Crippen molar-refractivity contribution in [3.05, 3.63) is 59.6 Å². The third kappa shape index (κ3) is 3.58. The molecule has 5 nitrogen and oxygen atoms in total. The summed E-state index contributed by atoms with van der Waals surface area (Å²) in [4.78, 5) is 15.2. The molecule has 0 bridgehead atoms. The summed E-state index contributed by atoms with van der Waals surface area (Å²) in [7, 11) is 0. The van der Waals surface area contributed by atoms with Gasteiger partial charge >= 0.3 is 5.97 Å². The molecule has 0 spiro atoms. The van der Waals surface area contributed by atoms with Crippen molar-refractivity contribution in [2.24, 2.45) is 0 Å². The molecule has 0 saturated heterocycles. The van der Waals surface area contributed by atoms with Crippen molar-refractivity contribution in [1.82, 2.24) is 4.98 Å². The summed E-state index contributed by atoms with van der Waals surface area (Å²) in [6.07, 6.45) is -0.916. The summed E-state index contributed by atoms with van der Waals surface area (Å²) in [6, 6.07) is 15.9. The third-order valence-electron chi connectivity index (χ3n) is 3.35. The Balaban J connectivity index is 1.76. The minimum atomic E-state index is -1.02. The van der Waals surface area contributed by atoms with E-state index in [9.17, 15) is 4.79 Å². The summed E-state index contributed by atoms with van der Waals surface area (Å²) in [5.74, 6) is 0.409. The van der Waals surface area contributed by atoms with Gasteiger partial charge in [-0.1, -0.05) is 23.7 Å². The second-order valence-electron chi connectivity index (χ2n) is 5.13. The summed E-state index contributed by atoms with van der Waals surface area (Å²) < 4.78 is 11.0. The second kappa shape index (κ2) is 6.76. The lowest BCUT2D eigenvalue weighted by molar-refractivity contribution is -0.144. The molecule has 1 atom stereocenters. The van der Waals surface area contributed by atoms with Crippen molar-refractivity contribution < 1.29 is 19.4 Å². The Morgan fingerprint density at radius 1 is 1.08 bits per heavy atom. The quantitative estimate of drug-likeness (QED) is 0.737. The van der Waals surface area contributed by atoms with E-state index in [-0.39, 0.29) is 0 Å². The van der Waals surface area contributed by atoms with Crippen molar-refractivity contribution in [2.75, 3.05) is 0 Å². The van der Waals surface area contributed by atoms with Gasteiger partial charge in [0.1, 0.15) is 11.5 Å². The number of rotatable bonds is 5. The van der Waals surface area contributed by atoms with Crippen LogP contribution in [0.1, 0.15) is 6.92 Å². The highest BCUT2D eigenvalue weighted by Crippen LogP contribution is 2.27. The van der Waals surface area contributed by atoms with Crippen LogP contribution in [0.25, 0.3) is 10.9 Å². The summed E-state index contributed by atoms with van der Waals surface area (Å²) in [5, 5.41) is 10.3. The zero-order valence-electron chi connectivity index (χ0n) is 12.8. The van der Waals surface area contributed by atoms with Gasteiger partial charge < -0.3 is 14.6 Å². The van der Waals surface area contributed by atoms with Gasteiger partial charge in [-0.2, -0.15) is 0 Å². The predicted octanol–water partition coefficient (Wildman–Crippen LogP) is 4.53. The molecule has 3 aromatic rings. The Labute approximate surface area is 143 Å². The van der Waals surface area contributed by atoms with Crippen molar-refractivity contribution in [1.29, 1.82) is 0 Å². The molecule has 1 N–H and O–H groups in total. The largest absolute Gasteiger partial charge is 0.479 e. The lowest BCUT2D eigenvalue weighted by Crippen LogP contribution is -2.22. The Morgan fingerprint density at radius 2 is 1.79 bits per heavy atom. The van der Waals surface area contributed by atoms with Crippen LogP contribution in [0, 0.1) is 0 Å². The van der Waals surface area contributed by atoms with Crippen LogP contribution in [-0.4, -0.2) is 22.2 Å². The maximum absolute atomic E-state index is 10.8. The first-order valence-electron chi connectivity index (χ1n) is 7.25. The zero-order valence-corrected chi connectivity index (χ0v) is 13.5. The number of carboxylic acid groups (broad SMARTS) is 1. The molecule has 3 rings (SSSR count). The van der Waals surface area contributed by atoms with E-state index >= 15 is 0 Å². The van der Waals surface area contributed by atoms with E-state index < -0.39 is 12.1 Å². The highest BCUT2D eigenvalue weighted by molar-refractivity contribution is 6.35. The van der Waals surface area contributed by atoms with E-state index in [4.69, 9.17) is 26.2 Å². The molecule has 0 saturated carbocycles. The number of halogens is 1. The van der Waals surface area contributed by atoms with Gasteiger partial charge in [-0.3, -0.25) is 0 Å². The fraction of sp³-hybridized carbons (Fsp3) is 0.111. The number of fused-ring (bicyclic) bond motifs is 1. The van der Waals surface area contributed by atoms with Gasteiger partial charge in [-0.25, -0.2) is 9.78 Å². The van der Waals surface area contributed by atoms with Crippen LogP contribution in [-0.2, 0) is 4.79 Å². The van der Waals surface area contributed by atoms with E-state index in [1.807, 2.05) is 18.2 Å². The molecule has 0 fully saturated rings. The van der Waals surface area contributed by atoms with E-state index in [1.54, 1.807) is 36.4 Å². The van der Waals surface area contributed by atoms with Crippen LogP contribution in [0.2, 0.25) is 5.02 Å². The molecular formula is C18H14ClNO4. The summed E-state index contributed by atoms with van der Waals surface area (Å²) >= 11 is 6.14. The number of benzene rings is 2. The van der Waals surface area contributed by atoms with E-state index in [1.165, 1.54) is 6.92 Å². The molecule has 0 aliphatic rings. The van der Waals surface area contributed by atoms with Crippen LogP contribution >= 0.6 is 11.6 Å². The molecule has 0 amide bonds. The first-order valence-corrected chi connectivity index (χ1v) is 7.63. The number of ether oxygens (including phenoxy) is 2. The van der Waals surface area contributed by atoms with Gasteiger partial charge in [0.05, 0.1) is 10.5 Å². The van der Waals surface area contributed by atoms with E-state index in [2.05, 4.69) is 4.98 Å². The fourth-order valence-corrected chi connectivity index (χ4v) is 2.34. The summed E-state index contributed by atoms with van der Waals surface area (Å²) in [5.41, 5.74) is 0.673. The fourth-order valence-electron chi connectivity index (χ4n) is 2.11. The van der Waals surface area contributed by atoms with Crippen molar-refractivity contribution in [3.8, 4) is 17.4 Å². The molecule has 6 heteroatoms. The van der Waals surface area contributed by atoms with E-state index in [0.29, 0.717) is 27.9 Å². The van der Waals surface area contributed by atoms with Crippen molar-refractivity contribution >= 4 is 28.5 Å². The average molecular weight is 344 g/mol. The molecular weight excluding hydrogens is 330 g/mol. The van der Waals surface area contributed by atoms with Gasteiger partial charge in [0.25, 0.3) is 0 Å². The predicted molar refractivity (Wildman–Crippen MR) is 91.0 cm³/mol. The number of aliphatic carboxylic acids is 1. The molecule has 122 valence electrons. The van der Waals surface area contributed by atoms with Crippen molar-refractivity contribution in [3.63, 3.8) is 0 Å². The first-order chi connectivity index (χ1) is 11.5. The number of nitrogens with zero attached hydrogens (tertiary/aromatic N) is 1. The Morgan fingerprint density at radius 3 is 2.50 bits per heavy atom. The number of hydrogen-bond acceptors (Lipinski definition) is 4. The molecule has 0 aliphatic heterocycles. The lowest BCUT2D eigenvalue weighted by atomic mass is 10.2. The van der Waals surface area contributed by atoms with Gasteiger partial charge in [0, 0.05) is 11.5 Å². The van der Waals surface area contributed by atoms with E-state index in [0.717, 1.165) is 5.39 Å². The number of para-hydroxylation sites is 1. The molecule has 0 radical (unpaired) electrons. The Kier molecular flexibility index (Phi) is 4.53. The van der Waals surface area contributed by atoms with Gasteiger partial charge in [-0.15, -0.1) is 0 Å². The SMILES string of the molecule is C[C@@H](Oc1ccc(Oc2ccc3cccc(Cl)c3n2)cc1)C(=O)O. The number of carbonyl (C=O) groups is 1. The normalized spacial score (nSPS) is 11.9. The summed E-state index contributed by atoms with van der Waals surface area (Å²) in [6.45, 7) is 1.47. The molecule has 0 unspecified atom stereocenters. The maximum atomic E-state index is 10.8. The zero-order chi connectivity index (χ0) is 17.1. The first kappa shape index (κ1) is 16.1. The van der Waals surface area contributed by atoms with Crippen LogP contribution in [0.3, 0.4) is 0 Å². The van der Waals surface area contributed by atoms with Crippen LogP contribution in [0.15, 0.2) is 54.6 Å². The minimum Gasteiger partial charge on any atom is -0.479 e. The number of aromatic nitrogens is 1. The lowest BCUT2D eigenvalue weighted by Gasteiger charge is -2.11. The van der Waals surface area contributed by atoms with Gasteiger partial charge in [0.15, 0.2) is 6.10 Å². The topological polar surface area (TPSA) is 68.7 Å². The minimum absolute atomic E-state index is 0.420. The monoisotopic (exact) mass is 343 g/mol. The molecule has 1 heterocycles. The number of pyridine rings is 1. The second-order valence-corrected chi connectivity index (χ2v) is 5.54. The molecule has 1 aromatic heterocycles. The number of hydrogen-bond donors (Lipinski definition) is 1. The highest BCUT2D eigenvalue weighted by Gasteiger charge is 2.12. The standard InChI is InChI=1S/C18H14ClNO4/c1-11(18(21)22)23-13-6-8-14(9-7-13)24-16-10-5-12-3-2-4-15(19)17(12)20-16/h2-11H,1H3,(H,21,22)/t11-/m1/s1. The molecule has 2 aromatic carbocycles. The smallest absolute Gasteiger partial charge is 0.344 e. The Hall–Kier alpha value is -2.79. The van der Waals surface area contributed by atoms with Crippen LogP contribution in [0.5, 0.6) is 17.4 Å². The third-order valence-corrected chi connectivity index (χ3v) is 3.66. The average Bonchev–Trinajstić information content (AvgIpc) is 2.57. The van der Waals surface area contributed by atoms with Gasteiger partial charge in [0.2, 0.25) is 5.88 Å². The molecule has 24 heavy (non-hydrogen) atoms. The van der Waals surface area contributed by atoms with Crippen LogP contribution in [0.4, 0.5) is 0 Å². The van der Waals surface area contributed by atoms with Gasteiger partial charge in [-0.05, 0) is 43.3 Å². The molecule has 0 aliphatic carbocycles. The van der Waals surface area contributed by atoms with Crippen LogP contribution < -0.4 is 9.47 Å². The highest BCUT2D eigenvalue weighted by atomic mass is 35.5.